The normalized spacial score (nSPS) is 21.5. The van der Waals surface area contributed by atoms with Gasteiger partial charge in [-0.15, -0.1) is 0 Å². The van der Waals surface area contributed by atoms with E-state index < -0.39 is 0 Å². The third-order valence-corrected chi connectivity index (χ3v) is 7.04. The van der Waals surface area contributed by atoms with Gasteiger partial charge in [0.2, 0.25) is 5.88 Å². The molecule has 3 atom stereocenters. The number of nitrogens with one attached hydrogen (secondary N) is 1. The average molecular weight is 439 g/mol. The van der Waals surface area contributed by atoms with E-state index in [2.05, 4.69) is 46.2 Å². The van der Waals surface area contributed by atoms with Gasteiger partial charge in [0.1, 0.15) is 6.10 Å². The first-order valence-corrected chi connectivity index (χ1v) is 11.5. The molecule has 6 rings (SSSR count). The van der Waals surface area contributed by atoms with E-state index in [4.69, 9.17) is 4.74 Å². The van der Waals surface area contributed by atoms with Crippen LogP contribution < -0.4 is 10.1 Å². The highest BCUT2D eigenvalue weighted by atomic mass is 16.5. The van der Waals surface area contributed by atoms with E-state index in [9.17, 15) is 4.79 Å². The predicted octanol–water partition coefficient (Wildman–Crippen LogP) is 4.97. The Balaban J connectivity index is 1.40. The molecule has 0 spiro atoms. The van der Waals surface area contributed by atoms with Crippen LogP contribution in [0, 0.1) is 0 Å². The Morgan fingerprint density at radius 2 is 1.82 bits per heavy atom. The van der Waals surface area contributed by atoms with Gasteiger partial charge in [0.15, 0.2) is 0 Å². The SMILES string of the molecule is Cn1c2c(c3ccccc31)C[C@H]1C[C@@H]2[C@@H](Oc2ccccn2)CN1C(=O)Nc1ccccc1. The van der Waals surface area contributed by atoms with Crippen molar-refractivity contribution in [2.75, 3.05) is 11.9 Å². The van der Waals surface area contributed by atoms with Crippen molar-refractivity contribution >= 4 is 22.6 Å². The van der Waals surface area contributed by atoms with E-state index in [1.807, 2.05) is 53.4 Å². The molecule has 2 bridgehead atoms. The molecule has 6 heteroatoms. The molecule has 1 saturated heterocycles. The Labute approximate surface area is 192 Å². The van der Waals surface area contributed by atoms with E-state index in [-0.39, 0.29) is 24.1 Å². The summed E-state index contributed by atoms with van der Waals surface area (Å²) < 4.78 is 8.75. The van der Waals surface area contributed by atoms with Crippen molar-refractivity contribution in [1.29, 1.82) is 0 Å². The Morgan fingerprint density at radius 1 is 1.03 bits per heavy atom. The summed E-state index contributed by atoms with van der Waals surface area (Å²) in [5, 5.41) is 4.35. The van der Waals surface area contributed by atoms with Crippen LogP contribution in [0.3, 0.4) is 0 Å². The van der Waals surface area contributed by atoms with Crippen LogP contribution >= 0.6 is 0 Å². The smallest absolute Gasteiger partial charge is 0.322 e. The van der Waals surface area contributed by atoms with E-state index in [1.165, 1.54) is 22.2 Å². The van der Waals surface area contributed by atoms with Gasteiger partial charge in [-0.2, -0.15) is 0 Å². The summed E-state index contributed by atoms with van der Waals surface area (Å²) in [6.45, 7) is 0.519. The van der Waals surface area contributed by atoms with Crippen LogP contribution in [0.4, 0.5) is 10.5 Å². The number of benzene rings is 2. The second-order valence-corrected chi connectivity index (χ2v) is 8.91. The first kappa shape index (κ1) is 19.9. The molecule has 166 valence electrons. The number of nitrogens with zero attached hydrogens (tertiary/aromatic N) is 3. The van der Waals surface area contributed by atoms with Gasteiger partial charge in [-0.3, -0.25) is 0 Å². The number of hydrogen-bond acceptors (Lipinski definition) is 3. The first-order chi connectivity index (χ1) is 16.2. The van der Waals surface area contributed by atoms with Crippen LogP contribution in [0.5, 0.6) is 5.88 Å². The van der Waals surface area contributed by atoms with Crippen LogP contribution in [0.15, 0.2) is 79.0 Å². The molecule has 0 radical (unpaired) electrons. The highest BCUT2D eigenvalue weighted by Gasteiger charge is 2.46. The van der Waals surface area contributed by atoms with Gasteiger partial charge in [-0.25, -0.2) is 9.78 Å². The highest BCUT2D eigenvalue weighted by molar-refractivity contribution is 5.90. The molecule has 2 aliphatic rings. The molecule has 0 unspecified atom stereocenters. The summed E-state index contributed by atoms with van der Waals surface area (Å²) in [5.74, 6) is 0.786. The van der Waals surface area contributed by atoms with Crippen LogP contribution in [0.25, 0.3) is 10.9 Å². The summed E-state index contributed by atoms with van der Waals surface area (Å²) in [6, 6.07) is 23.9. The number of anilines is 1. The number of ether oxygens (including phenoxy) is 1. The third-order valence-electron chi connectivity index (χ3n) is 7.04. The summed E-state index contributed by atoms with van der Waals surface area (Å²) in [4.78, 5) is 19.7. The zero-order valence-electron chi connectivity index (χ0n) is 18.5. The van der Waals surface area contributed by atoms with E-state index in [0.29, 0.717) is 12.4 Å². The van der Waals surface area contributed by atoms with Crippen LogP contribution in [-0.2, 0) is 13.5 Å². The number of hydrogen-bond donors (Lipinski definition) is 1. The molecule has 2 aromatic carbocycles. The number of piperidine rings is 1. The van der Waals surface area contributed by atoms with Crippen molar-refractivity contribution in [3.8, 4) is 5.88 Å². The van der Waals surface area contributed by atoms with Crippen LogP contribution in [-0.4, -0.2) is 39.2 Å². The number of amides is 2. The van der Waals surface area contributed by atoms with E-state index >= 15 is 0 Å². The lowest BCUT2D eigenvalue weighted by molar-refractivity contribution is 0.0445. The van der Waals surface area contributed by atoms with E-state index in [0.717, 1.165) is 18.5 Å². The summed E-state index contributed by atoms with van der Waals surface area (Å²) in [5.41, 5.74) is 4.69. The number of aryl methyl sites for hydroxylation is 1. The molecule has 6 nitrogen and oxygen atoms in total. The fourth-order valence-electron chi connectivity index (χ4n) is 5.59. The highest BCUT2D eigenvalue weighted by Crippen LogP contribution is 2.45. The van der Waals surface area contributed by atoms with Gasteiger partial charge < -0.3 is 19.5 Å². The largest absolute Gasteiger partial charge is 0.472 e. The number of pyridine rings is 1. The molecule has 1 aliphatic carbocycles. The first-order valence-electron chi connectivity index (χ1n) is 11.5. The predicted molar refractivity (Wildman–Crippen MR) is 129 cm³/mol. The number of fused-ring (bicyclic) bond motifs is 6. The lowest BCUT2D eigenvalue weighted by Gasteiger charge is -2.47. The average Bonchev–Trinajstić information content (AvgIpc) is 3.14. The summed E-state index contributed by atoms with van der Waals surface area (Å²) in [6.07, 6.45) is 3.28. The van der Waals surface area contributed by atoms with Crippen molar-refractivity contribution in [3.05, 3.63) is 90.3 Å². The maximum atomic E-state index is 13.4. The van der Waals surface area contributed by atoms with Crippen molar-refractivity contribution in [2.24, 2.45) is 7.05 Å². The summed E-state index contributed by atoms with van der Waals surface area (Å²) in [7, 11) is 2.15. The fraction of sp³-hybridized carbons (Fsp3) is 0.259. The number of carbonyl (C=O) groups excluding carboxylic acids is 1. The van der Waals surface area contributed by atoms with Gasteiger partial charge in [-0.05, 0) is 42.7 Å². The molecule has 2 amide bonds. The van der Waals surface area contributed by atoms with Crippen molar-refractivity contribution < 1.29 is 9.53 Å². The standard InChI is InChI=1S/C27H26N4O2/c1-30-23-12-6-5-11-20(23)21-15-19-16-22(26(21)30)24(33-25-13-7-8-14-28-25)17-31(19)27(32)29-18-9-3-2-4-10-18/h2-14,19,22,24H,15-17H2,1H3,(H,29,32)/t19-,22+,24-/m0/s1. The van der Waals surface area contributed by atoms with Crippen molar-refractivity contribution in [3.63, 3.8) is 0 Å². The van der Waals surface area contributed by atoms with Crippen LogP contribution in [0.2, 0.25) is 0 Å². The minimum atomic E-state index is -0.181. The number of aromatic nitrogens is 2. The zero-order valence-corrected chi connectivity index (χ0v) is 18.5. The molecule has 3 heterocycles. The number of carbonyl (C=O) groups is 1. The van der Waals surface area contributed by atoms with Gasteiger partial charge in [0.25, 0.3) is 0 Å². The molecule has 0 saturated carbocycles. The maximum Gasteiger partial charge on any atom is 0.322 e. The minimum absolute atomic E-state index is 0.0806. The van der Waals surface area contributed by atoms with E-state index in [1.54, 1.807) is 6.20 Å². The fourth-order valence-corrected chi connectivity index (χ4v) is 5.59. The van der Waals surface area contributed by atoms with Crippen molar-refractivity contribution in [2.45, 2.75) is 30.9 Å². The maximum absolute atomic E-state index is 13.4. The monoisotopic (exact) mass is 438 g/mol. The zero-order chi connectivity index (χ0) is 22.4. The number of urea groups is 1. The topological polar surface area (TPSA) is 59.4 Å². The lowest BCUT2D eigenvalue weighted by atomic mass is 9.76. The lowest BCUT2D eigenvalue weighted by Crippen LogP contribution is -2.57. The molecular weight excluding hydrogens is 412 g/mol. The minimum Gasteiger partial charge on any atom is -0.472 e. The second kappa shape index (κ2) is 7.96. The molecule has 33 heavy (non-hydrogen) atoms. The van der Waals surface area contributed by atoms with Gasteiger partial charge in [0, 0.05) is 53.6 Å². The molecule has 4 aromatic rings. The van der Waals surface area contributed by atoms with Gasteiger partial charge in [0.05, 0.1) is 6.54 Å². The Morgan fingerprint density at radius 3 is 2.64 bits per heavy atom. The van der Waals surface area contributed by atoms with Gasteiger partial charge >= 0.3 is 6.03 Å². The molecule has 1 aliphatic heterocycles. The quantitative estimate of drug-likeness (QED) is 0.491. The molecular formula is C27H26N4O2. The van der Waals surface area contributed by atoms with Crippen LogP contribution in [0.1, 0.15) is 23.6 Å². The second-order valence-electron chi connectivity index (χ2n) is 8.91. The number of rotatable bonds is 3. The Hall–Kier alpha value is -3.80. The third kappa shape index (κ3) is 3.42. The molecule has 2 aromatic heterocycles. The molecule has 1 N–H and O–H groups in total. The Bertz CT molecular complexity index is 1300. The number of para-hydroxylation sites is 2. The van der Waals surface area contributed by atoms with Crippen molar-refractivity contribution in [1.82, 2.24) is 14.5 Å². The molecule has 1 fully saturated rings. The Kier molecular flexibility index (Phi) is 4.79. The summed E-state index contributed by atoms with van der Waals surface area (Å²) >= 11 is 0. The number of likely N-dealkylation sites (tertiary alicyclic amines) is 1. The van der Waals surface area contributed by atoms with Gasteiger partial charge in [-0.1, -0.05) is 42.5 Å².